The fourth-order valence-corrected chi connectivity index (χ4v) is 1.88. The van der Waals surface area contributed by atoms with E-state index in [0.717, 1.165) is 0 Å². The summed E-state index contributed by atoms with van der Waals surface area (Å²) < 4.78 is 18.9. The van der Waals surface area contributed by atoms with Crippen molar-refractivity contribution in [3.63, 3.8) is 0 Å². The highest BCUT2D eigenvalue weighted by atomic mass is 79.9. The molecule has 1 atom stereocenters. The van der Waals surface area contributed by atoms with Crippen molar-refractivity contribution in [1.29, 1.82) is 0 Å². The van der Waals surface area contributed by atoms with Gasteiger partial charge < -0.3 is 10.1 Å². The number of hydrogen-bond acceptors (Lipinski definition) is 2. The van der Waals surface area contributed by atoms with Crippen molar-refractivity contribution in [3.8, 4) is 0 Å². The molecule has 3 nitrogen and oxygen atoms in total. The number of halogens is 2. The molecule has 0 aliphatic carbocycles. The first kappa shape index (κ1) is 10.4. The van der Waals surface area contributed by atoms with Crippen LogP contribution in [0.25, 0.3) is 0 Å². The third-order valence-electron chi connectivity index (χ3n) is 2.27. The van der Waals surface area contributed by atoms with Gasteiger partial charge in [0.05, 0.1) is 12.6 Å². The zero-order valence-electron chi connectivity index (χ0n) is 7.80. The number of hydrogen-bond donors (Lipinski definition) is 1. The van der Waals surface area contributed by atoms with Crippen LogP contribution in [0.1, 0.15) is 18.0 Å². The third-order valence-corrected chi connectivity index (χ3v) is 2.76. The van der Waals surface area contributed by atoms with Gasteiger partial charge in [0.25, 0.3) is 0 Å². The van der Waals surface area contributed by atoms with Crippen molar-refractivity contribution in [2.45, 2.75) is 12.5 Å². The molecule has 1 aliphatic rings. The summed E-state index contributed by atoms with van der Waals surface area (Å²) >= 11 is 3.18. The topological polar surface area (TPSA) is 38.3 Å². The molecular weight excluding hydrogens is 265 g/mol. The number of nitrogens with one attached hydrogen (secondary N) is 1. The molecule has 1 N–H and O–H groups in total. The summed E-state index contributed by atoms with van der Waals surface area (Å²) in [5.41, 5.74) is 0.495. The minimum absolute atomic E-state index is 0.292. The fourth-order valence-electron chi connectivity index (χ4n) is 1.54. The van der Waals surface area contributed by atoms with E-state index < -0.39 is 6.09 Å². The zero-order chi connectivity index (χ0) is 10.8. The number of rotatable bonds is 1. The van der Waals surface area contributed by atoms with Crippen LogP contribution in [-0.4, -0.2) is 12.7 Å². The van der Waals surface area contributed by atoms with Crippen LogP contribution in [0.15, 0.2) is 22.7 Å². The van der Waals surface area contributed by atoms with E-state index in [0.29, 0.717) is 23.1 Å². The Hall–Kier alpha value is -1.10. The average molecular weight is 274 g/mol. The van der Waals surface area contributed by atoms with Crippen LogP contribution in [0.5, 0.6) is 0 Å². The highest BCUT2D eigenvalue weighted by molar-refractivity contribution is 9.10. The molecule has 0 radical (unpaired) electrons. The van der Waals surface area contributed by atoms with Gasteiger partial charge in [-0.2, -0.15) is 0 Å². The molecule has 1 fully saturated rings. The minimum atomic E-state index is -0.492. The molecular formula is C10H9BrFNO2. The second kappa shape index (κ2) is 4.18. The number of carbonyl (C=O) groups excluding carboxylic acids is 1. The van der Waals surface area contributed by atoms with Gasteiger partial charge in [-0.1, -0.05) is 22.0 Å². The van der Waals surface area contributed by atoms with Gasteiger partial charge in [-0.3, -0.25) is 0 Å². The quantitative estimate of drug-likeness (QED) is 0.855. The third kappa shape index (κ3) is 2.28. The maximum absolute atomic E-state index is 13.5. The van der Waals surface area contributed by atoms with Crippen LogP contribution in [0.4, 0.5) is 9.18 Å². The lowest BCUT2D eigenvalue weighted by Gasteiger charge is -2.23. The van der Waals surface area contributed by atoms with Gasteiger partial charge in [-0.25, -0.2) is 9.18 Å². The normalized spacial score (nSPS) is 20.7. The van der Waals surface area contributed by atoms with E-state index in [9.17, 15) is 9.18 Å². The number of cyclic esters (lactones) is 1. The largest absolute Gasteiger partial charge is 0.449 e. The van der Waals surface area contributed by atoms with Crippen LogP contribution in [0, 0.1) is 5.82 Å². The maximum Gasteiger partial charge on any atom is 0.407 e. The van der Waals surface area contributed by atoms with E-state index in [4.69, 9.17) is 4.74 Å². The van der Waals surface area contributed by atoms with Gasteiger partial charge in [0.1, 0.15) is 5.82 Å². The van der Waals surface area contributed by atoms with Crippen LogP contribution >= 0.6 is 15.9 Å². The molecule has 5 heteroatoms. The Balaban J connectivity index is 2.24. The second-order valence-electron chi connectivity index (χ2n) is 3.29. The predicted molar refractivity (Wildman–Crippen MR) is 55.9 cm³/mol. The summed E-state index contributed by atoms with van der Waals surface area (Å²) in [6.07, 6.45) is 0.0955. The van der Waals surface area contributed by atoms with Crippen LogP contribution < -0.4 is 5.32 Å². The lowest BCUT2D eigenvalue weighted by molar-refractivity contribution is 0.115. The Morgan fingerprint density at radius 1 is 1.53 bits per heavy atom. The van der Waals surface area contributed by atoms with Gasteiger partial charge in [0.2, 0.25) is 0 Å². The molecule has 1 aliphatic heterocycles. The van der Waals surface area contributed by atoms with Crippen molar-refractivity contribution >= 4 is 22.0 Å². The fraction of sp³-hybridized carbons (Fsp3) is 0.300. The number of ether oxygens (including phenoxy) is 1. The number of alkyl carbamates (subject to hydrolysis) is 1. The molecule has 0 unspecified atom stereocenters. The van der Waals surface area contributed by atoms with Crippen LogP contribution in [0.2, 0.25) is 0 Å². The first-order valence-corrected chi connectivity index (χ1v) is 5.34. The number of amides is 1. The summed E-state index contributed by atoms with van der Waals surface area (Å²) in [7, 11) is 0. The smallest absolute Gasteiger partial charge is 0.407 e. The average Bonchev–Trinajstić information content (AvgIpc) is 2.17. The minimum Gasteiger partial charge on any atom is -0.449 e. The van der Waals surface area contributed by atoms with Gasteiger partial charge in [-0.05, 0) is 12.1 Å². The molecule has 0 saturated carbocycles. The Bertz CT molecular complexity index is 397. The van der Waals surface area contributed by atoms with Crippen molar-refractivity contribution in [3.05, 3.63) is 34.1 Å². The van der Waals surface area contributed by atoms with E-state index in [1.165, 1.54) is 6.07 Å². The van der Waals surface area contributed by atoms with E-state index in [1.54, 1.807) is 12.1 Å². The standard InChI is InChI=1S/C10H9BrFNO2/c11-6-1-2-7(8(12)5-6)9-3-4-15-10(14)13-9/h1-2,5,9H,3-4H2,(H,13,14)/t9-/m0/s1. The molecule has 0 bridgehead atoms. The van der Waals surface area contributed by atoms with Crippen LogP contribution in [-0.2, 0) is 4.74 Å². The molecule has 80 valence electrons. The summed E-state index contributed by atoms with van der Waals surface area (Å²) in [5.74, 6) is -0.323. The predicted octanol–water partition coefficient (Wildman–Crippen LogP) is 2.76. The number of benzene rings is 1. The highest BCUT2D eigenvalue weighted by Crippen LogP contribution is 2.25. The first-order valence-electron chi connectivity index (χ1n) is 4.55. The Morgan fingerprint density at radius 2 is 2.33 bits per heavy atom. The number of carbonyl (C=O) groups is 1. The SMILES string of the molecule is O=C1N[C@H](c2ccc(Br)cc2F)CCO1. The Kier molecular flexibility index (Phi) is 2.90. The van der Waals surface area contributed by atoms with Gasteiger partial charge in [0, 0.05) is 16.5 Å². The lowest BCUT2D eigenvalue weighted by Crippen LogP contribution is -2.35. The molecule has 0 spiro atoms. The van der Waals surface area contributed by atoms with E-state index in [2.05, 4.69) is 21.2 Å². The molecule has 1 amide bonds. The highest BCUT2D eigenvalue weighted by Gasteiger charge is 2.23. The molecule has 0 aromatic heterocycles. The Labute approximate surface area is 94.7 Å². The molecule has 15 heavy (non-hydrogen) atoms. The summed E-state index contributed by atoms with van der Waals surface area (Å²) in [4.78, 5) is 11.0. The van der Waals surface area contributed by atoms with Crippen molar-refractivity contribution in [2.75, 3.05) is 6.61 Å². The van der Waals surface area contributed by atoms with Crippen molar-refractivity contribution in [1.82, 2.24) is 5.32 Å². The molecule has 1 heterocycles. The molecule has 1 aromatic rings. The second-order valence-corrected chi connectivity index (χ2v) is 4.20. The maximum atomic E-state index is 13.5. The van der Waals surface area contributed by atoms with Gasteiger partial charge in [0.15, 0.2) is 0 Å². The zero-order valence-corrected chi connectivity index (χ0v) is 9.38. The van der Waals surface area contributed by atoms with Crippen LogP contribution in [0.3, 0.4) is 0 Å². The Morgan fingerprint density at radius 3 is 3.00 bits per heavy atom. The van der Waals surface area contributed by atoms with Gasteiger partial charge >= 0.3 is 6.09 Å². The summed E-state index contributed by atoms with van der Waals surface area (Å²) in [5, 5.41) is 2.58. The van der Waals surface area contributed by atoms with Gasteiger partial charge in [-0.15, -0.1) is 0 Å². The monoisotopic (exact) mass is 273 g/mol. The molecule has 1 aromatic carbocycles. The first-order chi connectivity index (χ1) is 7.16. The summed E-state index contributed by atoms with van der Waals surface area (Å²) in [6, 6.07) is 4.51. The lowest BCUT2D eigenvalue weighted by atomic mass is 10.0. The van der Waals surface area contributed by atoms with Crippen molar-refractivity contribution < 1.29 is 13.9 Å². The van der Waals surface area contributed by atoms with E-state index in [-0.39, 0.29) is 11.9 Å². The van der Waals surface area contributed by atoms with Crippen molar-refractivity contribution in [2.24, 2.45) is 0 Å². The summed E-state index contributed by atoms with van der Waals surface area (Å²) in [6.45, 7) is 0.325. The van der Waals surface area contributed by atoms with E-state index in [1.807, 2.05) is 0 Å². The van der Waals surface area contributed by atoms with E-state index >= 15 is 0 Å². The molecule has 1 saturated heterocycles. The molecule has 2 rings (SSSR count).